The Kier molecular flexibility index (Phi) is 6.52. The highest BCUT2D eigenvalue weighted by Crippen LogP contribution is 2.12. The van der Waals surface area contributed by atoms with Gasteiger partial charge in [-0.2, -0.15) is 0 Å². The molecule has 0 aliphatic heterocycles. The molecule has 9 heteroatoms. The van der Waals surface area contributed by atoms with Gasteiger partial charge < -0.3 is 0 Å². The molecule has 8 nitrogen and oxygen atoms in total. The molecule has 2 aromatic rings. The monoisotopic (exact) mass is 370 g/mol. The third-order valence-electron chi connectivity index (χ3n) is 3.09. The van der Waals surface area contributed by atoms with E-state index in [2.05, 4.69) is 16.2 Å². The van der Waals surface area contributed by atoms with Crippen molar-refractivity contribution in [1.82, 2.24) is 16.2 Å². The first-order valence-electron chi connectivity index (χ1n) is 7.34. The third-order valence-corrected chi connectivity index (χ3v) is 3.30. The molecule has 0 saturated heterocycles. The van der Waals surface area contributed by atoms with Gasteiger partial charge in [0.2, 0.25) is 5.91 Å². The van der Waals surface area contributed by atoms with E-state index in [1.165, 1.54) is 36.4 Å². The number of non-ortho nitro benzene ring substituents is 1. The van der Waals surface area contributed by atoms with E-state index in [0.717, 1.165) is 0 Å². The van der Waals surface area contributed by atoms with E-state index < -0.39 is 16.7 Å². The predicted molar refractivity (Wildman–Crippen MR) is 99.9 cm³/mol. The van der Waals surface area contributed by atoms with E-state index in [4.69, 9.17) is 12.2 Å². The molecule has 2 aromatic carbocycles. The summed E-state index contributed by atoms with van der Waals surface area (Å²) in [5, 5.41) is 12.9. The van der Waals surface area contributed by atoms with Gasteiger partial charge in [0.15, 0.2) is 5.11 Å². The van der Waals surface area contributed by atoms with Crippen LogP contribution in [0.1, 0.15) is 15.9 Å². The quantitative estimate of drug-likeness (QED) is 0.328. The Morgan fingerprint density at radius 1 is 1.00 bits per heavy atom. The number of hydrazine groups is 1. The molecule has 2 rings (SSSR count). The molecule has 0 saturated carbocycles. The second kappa shape index (κ2) is 9.04. The number of nitro benzene ring substituents is 1. The van der Waals surface area contributed by atoms with Crippen LogP contribution in [0.15, 0.2) is 60.7 Å². The van der Waals surface area contributed by atoms with Crippen LogP contribution in [0.2, 0.25) is 0 Å². The molecule has 0 heterocycles. The van der Waals surface area contributed by atoms with Crippen molar-refractivity contribution in [2.24, 2.45) is 0 Å². The SMILES string of the molecule is O=C(/C=C/c1ccc([N+](=O)[O-])cc1)NC(=S)NNC(=O)c1ccccc1. The predicted octanol–water partition coefficient (Wildman–Crippen LogP) is 1.94. The summed E-state index contributed by atoms with van der Waals surface area (Å²) in [6.45, 7) is 0. The molecular formula is C17H14N4O4S. The number of carbonyl (C=O) groups is 2. The second-order valence-electron chi connectivity index (χ2n) is 4.95. The summed E-state index contributed by atoms with van der Waals surface area (Å²) in [5.41, 5.74) is 5.80. The number of carbonyl (C=O) groups excluding carboxylic acids is 2. The standard InChI is InChI=1S/C17H14N4O4S/c22-15(11-8-12-6-9-14(10-7-12)21(24)25)18-17(26)20-19-16(23)13-4-2-1-3-5-13/h1-11H,(H,19,23)(H2,18,20,22,26)/b11-8+. The van der Waals surface area contributed by atoms with Crippen LogP contribution in [0, 0.1) is 10.1 Å². The lowest BCUT2D eigenvalue weighted by Crippen LogP contribution is -2.48. The van der Waals surface area contributed by atoms with E-state index in [1.54, 1.807) is 30.3 Å². The maximum absolute atomic E-state index is 11.8. The largest absolute Gasteiger partial charge is 0.298 e. The van der Waals surface area contributed by atoms with Gasteiger partial charge in [-0.05, 0) is 48.1 Å². The molecule has 2 amide bonds. The fourth-order valence-electron chi connectivity index (χ4n) is 1.84. The molecule has 26 heavy (non-hydrogen) atoms. The minimum absolute atomic E-state index is 0.0360. The first kappa shape index (κ1) is 18.7. The topological polar surface area (TPSA) is 113 Å². The van der Waals surface area contributed by atoms with Gasteiger partial charge in [0.25, 0.3) is 11.6 Å². The molecule has 0 radical (unpaired) electrons. The van der Waals surface area contributed by atoms with Crippen LogP contribution in [0.4, 0.5) is 5.69 Å². The van der Waals surface area contributed by atoms with Crippen LogP contribution in [-0.2, 0) is 4.79 Å². The normalized spacial score (nSPS) is 10.2. The van der Waals surface area contributed by atoms with E-state index >= 15 is 0 Å². The number of thiocarbonyl (C=S) groups is 1. The van der Waals surface area contributed by atoms with Gasteiger partial charge in [-0.1, -0.05) is 18.2 Å². The molecule has 0 fully saturated rings. The zero-order valence-corrected chi connectivity index (χ0v) is 14.2. The molecule has 0 bridgehead atoms. The highest BCUT2D eigenvalue weighted by molar-refractivity contribution is 7.80. The van der Waals surface area contributed by atoms with Crippen molar-refractivity contribution in [2.45, 2.75) is 0 Å². The van der Waals surface area contributed by atoms with E-state index in [0.29, 0.717) is 11.1 Å². The van der Waals surface area contributed by atoms with Crippen LogP contribution >= 0.6 is 12.2 Å². The number of rotatable bonds is 4. The molecule has 0 unspecified atom stereocenters. The summed E-state index contributed by atoms with van der Waals surface area (Å²) in [5.74, 6) is -0.918. The highest BCUT2D eigenvalue weighted by atomic mass is 32.1. The number of hydrogen-bond donors (Lipinski definition) is 3. The summed E-state index contributed by atoms with van der Waals surface area (Å²) in [6, 6.07) is 14.2. The Balaban J connectivity index is 1.80. The lowest BCUT2D eigenvalue weighted by molar-refractivity contribution is -0.384. The van der Waals surface area contributed by atoms with Crippen molar-refractivity contribution in [3.05, 3.63) is 81.9 Å². The highest BCUT2D eigenvalue weighted by Gasteiger charge is 2.06. The number of nitrogens with one attached hydrogen (secondary N) is 3. The van der Waals surface area contributed by atoms with Crippen molar-refractivity contribution in [2.75, 3.05) is 0 Å². The average Bonchev–Trinajstić information content (AvgIpc) is 2.65. The maximum Gasteiger partial charge on any atom is 0.269 e. The van der Waals surface area contributed by atoms with Crippen molar-refractivity contribution in [1.29, 1.82) is 0 Å². The molecule has 0 spiro atoms. The van der Waals surface area contributed by atoms with Crippen LogP contribution in [0.5, 0.6) is 0 Å². The van der Waals surface area contributed by atoms with Crippen LogP contribution < -0.4 is 16.2 Å². The summed E-state index contributed by atoms with van der Waals surface area (Å²) >= 11 is 4.91. The Morgan fingerprint density at radius 2 is 1.65 bits per heavy atom. The van der Waals surface area contributed by atoms with Crippen LogP contribution in [-0.4, -0.2) is 21.9 Å². The van der Waals surface area contributed by atoms with Crippen LogP contribution in [0.3, 0.4) is 0 Å². The summed E-state index contributed by atoms with van der Waals surface area (Å²) in [7, 11) is 0. The minimum atomic E-state index is -0.519. The van der Waals surface area contributed by atoms with Gasteiger partial charge in [-0.25, -0.2) is 0 Å². The van der Waals surface area contributed by atoms with Gasteiger partial charge in [-0.3, -0.25) is 35.9 Å². The van der Waals surface area contributed by atoms with E-state index in [1.807, 2.05) is 0 Å². The van der Waals surface area contributed by atoms with Crippen molar-refractivity contribution in [3.63, 3.8) is 0 Å². The first-order valence-corrected chi connectivity index (χ1v) is 7.75. The Bertz CT molecular complexity index is 851. The number of nitro groups is 1. The smallest absolute Gasteiger partial charge is 0.269 e. The summed E-state index contributed by atoms with van der Waals surface area (Å²) in [6.07, 6.45) is 2.69. The van der Waals surface area contributed by atoms with Gasteiger partial charge >= 0.3 is 0 Å². The fraction of sp³-hybridized carbons (Fsp3) is 0. The zero-order chi connectivity index (χ0) is 18.9. The number of hydrogen-bond acceptors (Lipinski definition) is 5. The fourth-order valence-corrected chi connectivity index (χ4v) is 1.99. The van der Waals surface area contributed by atoms with Gasteiger partial charge in [0.1, 0.15) is 0 Å². The summed E-state index contributed by atoms with van der Waals surface area (Å²) < 4.78 is 0. The van der Waals surface area contributed by atoms with Crippen molar-refractivity contribution >= 4 is 40.9 Å². The second-order valence-corrected chi connectivity index (χ2v) is 5.35. The van der Waals surface area contributed by atoms with Gasteiger partial charge in [0, 0.05) is 23.8 Å². The minimum Gasteiger partial charge on any atom is -0.298 e. The summed E-state index contributed by atoms with van der Waals surface area (Å²) in [4.78, 5) is 33.6. The molecular weight excluding hydrogens is 356 g/mol. The van der Waals surface area contributed by atoms with Crippen molar-refractivity contribution < 1.29 is 14.5 Å². The number of nitrogens with zero attached hydrogens (tertiary/aromatic N) is 1. The van der Waals surface area contributed by atoms with Crippen molar-refractivity contribution in [3.8, 4) is 0 Å². The average molecular weight is 370 g/mol. The zero-order valence-electron chi connectivity index (χ0n) is 13.3. The third kappa shape index (κ3) is 5.80. The molecule has 0 aliphatic rings. The van der Waals surface area contributed by atoms with Gasteiger partial charge in [0.05, 0.1) is 4.92 Å². The molecule has 3 N–H and O–H groups in total. The number of amides is 2. The molecule has 0 aliphatic carbocycles. The molecule has 132 valence electrons. The molecule has 0 aromatic heterocycles. The Morgan fingerprint density at radius 3 is 2.27 bits per heavy atom. The first-order chi connectivity index (χ1) is 12.5. The Labute approximate surface area is 154 Å². The lowest BCUT2D eigenvalue weighted by atomic mass is 10.2. The Hall–Kier alpha value is -3.59. The van der Waals surface area contributed by atoms with E-state index in [9.17, 15) is 19.7 Å². The number of benzene rings is 2. The molecule has 0 atom stereocenters. The van der Waals surface area contributed by atoms with Gasteiger partial charge in [-0.15, -0.1) is 0 Å². The lowest BCUT2D eigenvalue weighted by Gasteiger charge is -2.09. The van der Waals surface area contributed by atoms with E-state index in [-0.39, 0.29) is 10.8 Å². The maximum atomic E-state index is 11.8. The van der Waals surface area contributed by atoms with Crippen LogP contribution in [0.25, 0.3) is 6.08 Å².